The number of nitrogens with two attached hydrogens (primary N) is 1. The fourth-order valence-corrected chi connectivity index (χ4v) is 1.69. The van der Waals surface area contributed by atoms with Gasteiger partial charge in [-0.2, -0.15) is 0 Å². The monoisotopic (exact) mass is 250 g/mol. The van der Waals surface area contributed by atoms with E-state index in [4.69, 9.17) is 5.73 Å². The van der Waals surface area contributed by atoms with Gasteiger partial charge in [0.2, 0.25) is 5.91 Å². The third-order valence-electron chi connectivity index (χ3n) is 2.47. The fourth-order valence-electron chi connectivity index (χ4n) is 1.69. The highest BCUT2D eigenvalue weighted by Crippen LogP contribution is 2.19. The lowest BCUT2D eigenvalue weighted by molar-refractivity contribution is -0.119. The van der Waals surface area contributed by atoms with Gasteiger partial charge in [0.1, 0.15) is 5.75 Å². The Morgan fingerprint density at radius 2 is 2.00 bits per heavy atom. The number of aromatic hydroxyl groups is 1. The molecule has 1 aromatic rings. The van der Waals surface area contributed by atoms with Crippen LogP contribution in [0.4, 0.5) is 0 Å². The van der Waals surface area contributed by atoms with E-state index in [9.17, 15) is 14.7 Å². The van der Waals surface area contributed by atoms with Crippen LogP contribution in [0.25, 0.3) is 0 Å². The molecule has 0 aromatic heterocycles. The molecular formula is C13H18N2O3. The summed E-state index contributed by atoms with van der Waals surface area (Å²) in [6, 6.07) is 4.78. The Morgan fingerprint density at radius 1 is 1.39 bits per heavy atom. The van der Waals surface area contributed by atoms with Crippen LogP contribution in [-0.2, 0) is 4.79 Å². The summed E-state index contributed by atoms with van der Waals surface area (Å²) in [7, 11) is 0. The normalized spacial score (nSPS) is 11.1. The van der Waals surface area contributed by atoms with Crippen LogP contribution >= 0.6 is 0 Å². The Kier molecular flexibility index (Phi) is 3.96. The number of carbonyl (C=O) groups excluding carboxylic acids is 2. The van der Waals surface area contributed by atoms with Crippen LogP contribution in [-0.4, -0.2) is 22.5 Å². The van der Waals surface area contributed by atoms with E-state index in [1.807, 2.05) is 6.92 Å². The van der Waals surface area contributed by atoms with Gasteiger partial charge in [-0.3, -0.25) is 9.59 Å². The minimum Gasteiger partial charge on any atom is -0.507 e. The van der Waals surface area contributed by atoms with Crippen molar-refractivity contribution in [3.63, 3.8) is 0 Å². The minimum atomic E-state index is -0.750. The Bertz CT molecular complexity index is 481. The Labute approximate surface area is 106 Å². The van der Waals surface area contributed by atoms with Crippen molar-refractivity contribution in [1.29, 1.82) is 0 Å². The van der Waals surface area contributed by atoms with Crippen LogP contribution in [0.1, 0.15) is 36.2 Å². The maximum Gasteiger partial charge on any atom is 0.255 e. The minimum absolute atomic E-state index is 0.0331. The molecule has 5 heteroatoms. The van der Waals surface area contributed by atoms with Crippen LogP contribution < -0.4 is 11.1 Å². The second-order valence-electron chi connectivity index (χ2n) is 5.00. The first kappa shape index (κ1) is 14.0. The molecule has 0 spiro atoms. The predicted octanol–water partition coefficient (Wildman–Crippen LogP) is 1.08. The molecule has 0 aliphatic heterocycles. The zero-order valence-corrected chi connectivity index (χ0v) is 10.8. The SMILES string of the molecule is Cc1ccc(C(=O)NC(C)(C)CC(N)=O)c(O)c1. The standard InChI is InChI=1S/C13H18N2O3/c1-8-4-5-9(10(16)6-8)12(18)15-13(2,3)7-11(14)17/h4-6,16H,7H2,1-3H3,(H2,14,17)(H,15,18). The van der Waals surface area contributed by atoms with E-state index >= 15 is 0 Å². The second-order valence-corrected chi connectivity index (χ2v) is 5.00. The highest BCUT2D eigenvalue weighted by molar-refractivity contribution is 5.97. The number of aryl methyl sites for hydroxylation is 1. The number of hydrogen-bond donors (Lipinski definition) is 3. The number of benzene rings is 1. The fraction of sp³-hybridized carbons (Fsp3) is 0.385. The average Bonchev–Trinajstić information content (AvgIpc) is 2.13. The van der Waals surface area contributed by atoms with Crippen LogP contribution in [0.5, 0.6) is 5.75 Å². The molecular weight excluding hydrogens is 232 g/mol. The molecule has 0 radical (unpaired) electrons. The maximum atomic E-state index is 12.0. The number of phenols is 1. The molecule has 1 aromatic carbocycles. The van der Waals surface area contributed by atoms with Crippen molar-refractivity contribution in [2.45, 2.75) is 32.7 Å². The molecule has 0 aliphatic rings. The molecule has 0 aliphatic carbocycles. The molecule has 0 saturated heterocycles. The average molecular weight is 250 g/mol. The molecule has 0 fully saturated rings. The Balaban J connectivity index is 2.85. The molecule has 0 saturated carbocycles. The van der Waals surface area contributed by atoms with Crippen molar-refractivity contribution in [3.05, 3.63) is 29.3 Å². The molecule has 4 N–H and O–H groups in total. The van der Waals surface area contributed by atoms with Gasteiger partial charge in [0.05, 0.1) is 5.56 Å². The first-order valence-corrected chi connectivity index (χ1v) is 5.62. The van der Waals surface area contributed by atoms with Gasteiger partial charge >= 0.3 is 0 Å². The molecule has 0 bridgehead atoms. The maximum absolute atomic E-state index is 12.0. The predicted molar refractivity (Wildman–Crippen MR) is 68.2 cm³/mol. The smallest absolute Gasteiger partial charge is 0.255 e. The lowest BCUT2D eigenvalue weighted by Gasteiger charge is -2.24. The summed E-state index contributed by atoms with van der Waals surface area (Å²) in [5.74, 6) is -1.01. The van der Waals surface area contributed by atoms with Crippen molar-refractivity contribution < 1.29 is 14.7 Å². The van der Waals surface area contributed by atoms with Crippen molar-refractivity contribution in [3.8, 4) is 5.75 Å². The van der Waals surface area contributed by atoms with Gasteiger partial charge in [-0.15, -0.1) is 0 Å². The van der Waals surface area contributed by atoms with Gasteiger partial charge in [0.25, 0.3) is 5.91 Å². The second kappa shape index (κ2) is 5.08. The largest absolute Gasteiger partial charge is 0.507 e. The number of hydrogen-bond acceptors (Lipinski definition) is 3. The number of nitrogens with one attached hydrogen (secondary N) is 1. The number of phenolic OH excluding ortho intramolecular Hbond substituents is 1. The molecule has 0 atom stereocenters. The summed E-state index contributed by atoms with van der Waals surface area (Å²) in [4.78, 5) is 22.8. The van der Waals surface area contributed by atoms with Gasteiger partial charge in [-0.25, -0.2) is 0 Å². The molecule has 2 amide bonds. The molecule has 0 unspecified atom stereocenters. The van der Waals surface area contributed by atoms with Crippen LogP contribution in [0.15, 0.2) is 18.2 Å². The molecule has 18 heavy (non-hydrogen) atoms. The van der Waals surface area contributed by atoms with Crippen molar-refractivity contribution in [2.75, 3.05) is 0 Å². The van der Waals surface area contributed by atoms with Crippen LogP contribution in [0.2, 0.25) is 0 Å². The quantitative estimate of drug-likeness (QED) is 0.746. The molecule has 98 valence electrons. The number of carbonyl (C=O) groups is 2. The highest BCUT2D eigenvalue weighted by atomic mass is 16.3. The lowest BCUT2D eigenvalue weighted by Crippen LogP contribution is -2.46. The van der Waals surface area contributed by atoms with E-state index in [1.165, 1.54) is 6.07 Å². The van der Waals surface area contributed by atoms with E-state index in [0.717, 1.165) is 5.56 Å². The van der Waals surface area contributed by atoms with Crippen LogP contribution in [0, 0.1) is 6.92 Å². The van der Waals surface area contributed by atoms with Crippen molar-refractivity contribution in [2.24, 2.45) is 5.73 Å². The summed E-state index contributed by atoms with van der Waals surface area (Å²) in [6.45, 7) is 5.21. The Morgan fingerprint density at radius 3 is 2.50 bits per heavy atom. The summed E-state index contributed by atoms with van der Waals surface area (Å²) in [5, 5.41) is 12.4. The van der Waals surface area contributed by atoms with E-state index in [2.05, 4.69) is 5.32 Å². The molecule has 0 heterocycles. The van der Waals surface area contributed by atoms with Gasteiger partial charge in [0, 0.05) is 12.0 Å². The van der Waals surface area contributed by atoms with Gasteiger partial charge < -0.3 is 16.2 Å². The summed E-state index contributed by atoms with van der Waals surface area (Å²) < 4.78 is 0. The van der Waals surface area contributed by atoms with E-state index < -0.39 is 17.4 Å². The third kappa shape index (κ3) is 3.76. The van der Waals surface area contributed by atoms with Gasteiger partial charge in [0.15, 0.2) is 0 Å². The van der Waals surface area contributed by atoms with Crippen molar-refractivity contribution >= 4 is 11.8 Å². The zero-order valence-electron chi connectivity index (χ0n) is 10.8. The van der Waals surface area contributed by atoms with Crippen molar-refractivity contribution in [1.82, 2.24) is 5.32 Å². The number of rotatable bonds is 4. The van der Waals surface area contributed by atoms with E-state index in [0.29, 0.717) is 0 Å². The highest BCUT2D eigenvalue weighted by Gasteiger charge is 2.24. The van der Waals surface area contributed by atoms with Crippen LogP contribution in [0.3, 0.4) is 0 Å². The first-order chi connectivity index (χ1) is 8.21. The lowest BCUT2D eigenvalue weighted by atomic mass is 9.99. The summed E-state index contributed by atoms with van der Waals surface area (Å²) in [5.41, 5.74) is 5.39. The Hall–Kier alpha value is -2.04. The topological polar surface area (TPSA) is 92.4 Å². The van der Waals surface area contributed by atoms with E-state index in [1.54, 1.807) is 26.0 Å². The first-order valence-electron chi connectivity index (χ1n) is 5.62. The summed E-state index contributed by atoms with van der Waals surface area (Å²) in [6.07, 6.45) is 0.0331. The number of amides is 2. The zero-order chi connectivity index (χ0) is 13.9. The molecule has 5 nitrogen and oxygen atoms in total. The van der Waals surface area contributed by atoms with Gasteiger partial charge in [-0.1, -0.05) is 6.07 Å². The molecule has 1 rings (SSSR count). The third-order valence-corrected chi connectivity index (χ3v) is 2.47. The summed E-state index contributed by atoms with van der Waals surface area (Å²) >= 11 is 0. The van der Waals surface area contributed by atoms with Gasteiger partial charge in [-0.05, 0) is 38.5 Å². The van der Waals surface area contributed by atoms with E-state index in [-0.39, 0.29) is 17.7 Å². The number of primary amides is 1.